The maximum atomic E-state index is 12.8. The molecule has 0 N–H and O–H groups in total. The highest BCUT2D eigenvalue weighted by Crippen LogP contribution is 2.62. The minimum Gasteiger partial charge on any atom is -0.439 e. The molecule has 0 radical (unpaired) electrons. The number of alkyl halides is 7. The zero-order valence-corrected chi connectivity index (χ0v) is 9.23. The number of esters is 1. The van der Waals surface area contributed by atoms with Gasteiger partial charge in [0, 0.05) is 0 Å². The summed E-state index contributed by atoms with van der Waals surface area (Å²) in [6, 6.07) is 0. The van der Waals surface area contributed by atoms with Gasteiger partial charge in [-0.1, -0.05) is 0 Å². The molecule has 1 atom stereocenters. The number of cyclic esters (lactones) is 1. The van der Waals surface area contributed by atoms with Crippen LogP contribution in [0.2, 0.25) is 0 Å². The van der Waals surface area contributed by atoms with Crippen LogP contribution in [0.5, 0.6) is 0 Å². The monoisotopic (exact) mass is 288 g/mol. The van der Waals surface area contributed by atoms with Gasteiger partial charge in [0.15, 0.2) is 4.87 Å². The average Bonchev–Trinajstić information content (AvgIpc) is 1.94. The molecule has 1 saturated heterocycles. The van der Waals surface area contributed by atoms with Crippen molar-refractivity contribution >= 4 is 40.8 Å². The second-order valence-electron chi connectivity index (χ2n) is 3.07. The van der Waals surface area contributed by atoms with Gasteiger partial charge in [-0.2, -0.15) is 17.6 Å². The van der Waals surface area contributed by atoms with Gasteiger partial charge in [0.1, 0.15) is 0 Å². The lowest BCUT2D eigenvalue weighted by Gasteiger charge is -2.53. The highest BCUT2D eigenvalue weighted by molar-refractivity contribution is 6.40. The standard InChI is InChI=1S/C6H3Cl3F4O2/c1-3(7)2(14)15-4(3,5(8,10)11)6(9,12)13/h1H3. The molecule has 88 valence electrons. The van der Waals surface area contributed by atoms with Crippen molar-refractivity contribution in [1.29, 1.82) is 0 Å². The van der Waals surface area contributed by atoms with E-state index in [0.717, 1.165) is 0 Å². The highest BCUT2D eigenvalue weighted by Gasteiger charge is 2.87. The molecule has 1 unspecified atom stereocenters. The number of halogens is 7. The van der Waals surface area contributed by atoms with Gasteiger partial charge in [-0.25, -0.2) is 4.79 Å². The van der Waals surface area contributed by atoms with Crippen LogP contribution in [0.1, 0.15) is 6.92 Å². The maximum Gasteiger partial charge on any atom is 0.370 e. The van der Waals surface area contributed by atoms with E-state index in [-0.39, 0.29) is 0 Å². The van der Waals surface area contributed by atoms with Crippen molar-refractivity contribution in [2.45, 2.75) is 28.2 Å². The van der Waals surface area contributed by atoms with Crippen LogP contribution >= 0.6 is 34.8 Å². The van der Waals surface area contributed by atoms with E-state index in [2.05, 4.69) is 27.9 Å². The van der Waals surface area contributed by atoms with Gasteiger partial charge >= 0.3 is 16.7 Å². The number of carbonyl (C=O) groups excluding carboxylic acids is 1. The first-order chi connectivity index (χ1) is 6.38. The van der Waals surface area contributed by atoms with E-state index in [4.69, 9.17) is 11.6 Å². The van der Waals surface area contributed by atoms with Gasteiger partial charge in [0.05, 0.1) is 0 Å². The Morgan fingerprint density at radius 3 is 1.60 bits per heavy atom. The summed E-state index contributed by atoms with van der Waals surface area (Å²) >= 11 is 14.2. The average molecular weight is 289 g/mol. The summed E-state index contributed by atoms with van der Waals surface area (Å²) in [6.07, 6.45) is 0. The highest BCUT2D eigenvalue weighted by atomic mass is 35.5. The molecule has 9 heteroatoms. The Labute approximate surface area is 96.4 Å². The van der Waals surface area contributed by atoms with Gasteiger partial charge < -0.3 is 4.74 Å². The lowest BCUT2D eigenvalue weighted by Crippen LogP contribution is -2.79. The molecular formula is C6H3Cl3F4O2. The molecule has 1 rings (SSSR count). The molecule has 1 heterocycles. The first-order valence-corrected chi connectivity index (χ1v) is 4.57. The summed E-state index contributed by atoms with van der Waals surface area (Å²) in [6.45, 7) is 0.632. The number of carbonyl (C=O) groups is 1. The third-order valence-corrected chi connectivity index (χ3v) is 3.04. The first kappa shape index (κ1) is 13.1. The lowest BCUT2D eigenvalue weighted by atomic mass is 9.82. The summed E-state index contributed by atoms with van der Waals surface area (Å²) in [4.78, 5) is 8.03. The van der Waals surface area contributed by atoms with E-state index in [9.17, 15) is 22.4 Å². The lowest BCUT2D eigenvalue weighted by molar-refractivity contribution is -0.293. The fraction of sp³-hybridized carbons (Fsp3) is 0.833. The van der Waals surface area contributed by atoms with E-state index in [1.165, 1.54) is 0 Å². The number of hydrogen-bond donors (Lipinski definition) is 0. The second kappa shape index (κ2) is 3.05. The second-order valence-corrected chi connectivity index (χ2v) is 4.77. The van der Waals surface area contributed by atoms with Crippen LogP contribution in [0.4, 0.5) is 17.6 Å². The summed E-state index contributed by atoms with van der Waals surface area (Å²) in [5, 5.41) is -9.19. The quantitative estimate of drug-likeness (QED) is 0.444. The van der Waals surface area contributed by atoms with E-state index < -0.39 is 27.2 Å². The van der Waals surface area contributed by atoms with Crippen molar-refractivity contribution < 1.29 is 27.1 Å². The SMILES string of the molecule is CC1(Cl)C(=O)OC1(C(F)(F)Cl)C(F)(F)Cl. The molecule has 2 nitrogen and oxygen atoms in total. The molecule has 0 spiro atoms. The molecule has 0 amide bonds. The van der Waals surface area contributed by atoms with Gasteiger partial charge in [0.2, 0.25) is 0 Å². The molecule has 1 aliphatic heterocycles. The van der Waals surface area contributed by atoms with Gasteiger partial charge in [0.25, 0.3) is 5.60 Å². The minimum atomic E-state index is -4.59. The van der Waals surface area contributed by atoms with Crippen molar-refractivity contribution in [3.63, 3.8) is 0 Å². The Morgan fingerprint density at radius 1 is 1.20 bits per heavy atom. The van der Waals surface area contributed by atoms with E-state index in [0.29, 0.717) is 6.92 Å². The van der Waals surface area contributed by atoms with Crippen LogP contribution in [0.25, 0.3) is 0 Å². The third-order valence-electron chi connectivity index (χ3n) is 2.09. The first-order valence-electron chi connectivity index (χ1n) is 3.44. The Bertz CT molecular complexity index is 292. The molecular weight excluding hydrogens is 286 g/mol. The molecule has 1 fully saturated rings. The number of ether oxygens (including phenoxy) is 1. The largest absolute Gasteiger partial charge is 0.439 e. The zero-order chi connectivity index (χ0) is 12.3. The predicted molar refractivity (Wildman–Crippen MR) is 44.7 cm³/mol. The van der Waals surface area contributed by atoms with E-state index in [1.807, 2.05) is 0 Å². The molecule has 0 bridgehead atoms. The normalized spacial score (nSPS) is 30.8. The minimum absolute atomic E-state index is 0.632. The van der Waals surface area contributed by atoms with Crippen LogP contribution < -0.4 is 0 Å². The summed E-state index contributed by atoms with van der Waals surface area (Å²) < 4.78 is 55.0. The Hall–Kier alpha value is 0.0600. The molecule has 0 saturated carbocycles. The van der Waals surface area contributed by atoms with Gasteiger partial charge in [-0.15, -0.1) is 11.6 Å². The fourth-order valence-corrected chi connectivity index (χ4v) is 2.39. The van der Waals surface area contributed by atoms with Crippen LogP contribution in [-0.4, -0.2) is 27.2 Å². The van der Waals surface area contributed by atoms with Crippen LogP contribution in [0.3, 0.4) is 0 Å². The molecule has 15 heavy (non-hydrogen) atoms. The Balaban J connectivity index is 3.32. The molecule has 0 aromatic carbocycles. The number of rotatable bonds is 2. The van der Waals surface area contributed by atoms with Gasteiger partial charge in [-0.3, -0.25) is 0 Å². The predicted octanol–water partition coefficient (Wildman–Crippen LogP) is 2.94. The Morgan fingerprint density at radius 2 is 1.53 bits per heavy atom. The van der Waals surface area contributed by atoms with Crippen LogP contribution in [-0.2, 0) is 9.53 Å². The van der Waals surface area contributed by atoms with Crippen molar-refractivity contribution in [3.05, 3.63) is 0 Å². The molecule has 1 aliphatic rings. The Kier molecular flexibility index (Phi) is 2.67. The van der Waals surface area contributed by atoms with Crippen molar-refractivity contribution in [3.8, 4) is 0 Å². The summed E-state index contributed by atoms with van der Waals surface area (Å²) in [5.41, 5.74) is -3.76. The van der Waals surface area contributed by atoms with Crippen LogP contribution in [0.15, 0.2) is 0 Å². The third kappa shape index (κ3) is 1.41. The zero-order valence-electron chi connectivity index (χ0n) is 6.96. The van der Waals surface area contributed by atoms with E-state index >= 15 is 0 Å². The fourth-order valence-electron chi connectivity index (χ4n) is 1.24. The molecule has 0 aromatic rings. The van der Waals surface area contributed by atoms with Crippen molar-refractivity contribution in [2.24, 2.45) is 0 Å². The van der Waals surface area contributed by atoms with Gasteiger partial charge in [-0.05, 0) is 30.1 Å². The smallest absolute Gasteiger partial charge is 0.370 e. The van der Waals surface area contributed by atoms with E-state index in [1.54, 1.807) is 0 Å². The van der Waals surface area contributed by atoms with Crippen LogP contribution in [0, 0.1) is 0 Å². The molecule has 0 aliphatic carbocycles. The molecule has 0 aromatic heterocycles. The summed E-state index contributed by atoms with van der Waals surface area (Å²) in [5.74, 6) is -1.44. The van der Waals surface area contributed by atoms with Crippen molar-refractivity contribution in [1.82, 2.24) is 0 Å². The summed E-state index contributed by atoms with van der Waals surface area (Å²) in [7, 11) is 0. The van der Waals surface area contributed by atoms with Crippen molar-refractivity contribution in [2.75, 3.05) is 0 Å². The maximum absolute atomic E-state index is 12.8. The number of hydrogen-bond acceptors (Lipinski definition) is 2. The topological polar surface area (TPSA) is 26.3 Å².